The first-order chi connectivity index (χ1) is 16.2. The van der Waals surface area contributed by atoms with Crippen molar-refractivity contribution in [3.05, 3.63) is 35.0 Å². The Labute approximate surface area is 205 Å². The van der Waals surface area contributed by atoms with E-state index < -0.39 is 0 Å². The number of nitrogens with one attached hydrogen (secondary N) is 1. The van der Waals surface area contributed by atoms with E-state index in [9.17, 15) is 0 Å². The molecule has 1 N–H and O–H groups in total. The number of aliphatic imine (C=N–C) groups is 1. The average molecular weight is 472 g/mol. The van der Waals surface area contributed by atoms with Gasteiger partial charge in [-0.05, 0) is 88.2 Å². The van der Waals surface area contributed by atoms with Crippen molar-refractivity contribution in [2.75, 3.05) is 65.4 Å². The molecule has 3 aliphatic carbocycles. The summed E-state index contributed by atoms with van der Waals surface area (Å²) in [5.74, 6) is 2.37. The molecule has 5 rings (SSSR count). The lowest BCUT2D eigenvalue weighted by atomic mass is 9.90. The zero-order chi connectivity index (χ0) is 22.5. The van der Waals surface area contributed by atoms with Gasteiger partial charge in [-0.1, -0.05) is 17.7 Å². The van der Waals surface area contributed by atoms with Crippen LogP contribution in [0.3, 0.4) is 0 Å². The van der Waals surface area contributed by atoms with E-state index >= 15 is 0 Å². The first-order valence-corrected chi connectivity index (χ1v) is 13.8. The molecule has 0 aromatic rings. The van der Waals surface area contributed by atoms with Crippen LogP contribution in [0.15, 0.2) is 40.0 Å². The van der Waals surface area contributed by atoms with E-state index in [0.717, 1.165) is 23.4 Å². The van der Waals surface area contributed by atoms with Crippen molar-refractivity contribution >= 4 is 17.8 Å². The number of allylic oxidation sites excluding steroid dienone is 3. The molecule has 2 unspecified atom stereocenters. The summed E-state index contributed by atoms with van der Waals surface area (Å²) in [6.45, 7) is 12.5. The van der Waals surface area contributed by atoms with E-state index in [1.807, 2.05) is 12.3 Å². The summed E-state index contributed by atoms with van der Waals surface area (Å²) in [6.07, 6.45) is 18.7. The molecule has 0 amide bonds. The smallest absolute Gasteiger partial charge is 0.0814 e. The summed E-state index contributed by atoms with van der Waals surface area (Å²) in [5, 5.41) is 4.46. The van der Waals surface area contributed by atoms with Crippen LogP contribution in [0.4, 0.5) is 0 Å². The zero-order valence-corrected chi connectivity index (χ0v) is 20.9. The van der Waals surface area contributed by atoms with Crippen molar-refractivity contribution < 1.29 is 0 Å². The molecule has 5 aliphatic rings. The van der Waals surface area contributed by atoms with Crippen LogP contribution in [-0.4, -0.2) is 92.4 Å². The summed E-state index contributed by atoms with van der Waals surface area (Å²) in [5.41, 5.74) is 1.27. The van der Waals surface area contributed by atoms with Gasteiger partial charge in [-0.3, -0.25) is 4.99 Å². The van der Waals surface area contributed by atoms with E-state index in [1.165, 1.54) is 103 Å². The van der Waals surface area contributed by atoms with Crippen LogP contribution in [0.25, 0.3) is 0 Å². The minimum Gasteiger partial charge on any atom is -0.388 e. The van der Waals surface area contributed by atoms with Gasteiger partial charge < -0.3 is 20.0 Å². The molecule has 2 saturated carbocycles. The van der Waals surface area contributed by atoms with Crippen LogP contribution in [0, 0.1) is 17.8 Å². The maximum Gasteiger partial charge on any atom is 0.0814 e. The van der Waals surface area contributed by atoms with Gasteiger partial charge in [0.25, 0.3) is 0 Å². The molecular weight excluding hydrogens is 430 g/mol. The van der Waals surface area contributed by atoms with Crippen molar-refractivity contribution in [1.29, 1.82) is 0 Å². The van der Waals surface area contributed by atoms with Gasteiger partial charge in [-0.15, -0.1) is 0 Å². The van der Waals surface area contributed by atoms with E-state index in [0.29, 0.717) is 5.92 Å². The Kier molecular flexibility index (Phi) is 8.24. The number of dihydropyridines is 1. The van der Waals surface area contributed by atoms with Gasteiger partial charge in [0.05, 0.1) is 6.04 Å². The number of hydrogen-bond donors (Lipinski definition) is 1. The standard InChI is InChI=1S/C27H42ClN5/c28-24-7-8-25-26(9-11-30-27(25)19-24)29-10-1-12-31-15-17-32(18-16-31)13-2-14-33(20-22-3-4-22)21-23-5-6-23/h7-9,11,19,22-23,25,27,29H,1-6,10,12-18,20-21H2. The van der Waals surface area contributed by atoms with Crippen molar-refractivity contribution in [1.82, 2.24) is 20.0 Å². The summed E-state index contributed by atoms with van der Waals surface area (Å²) in [4.78, 5) is 12.7. The Hall–Kier alpha value is -1.14. The van der Waals surface area contributed by atoms with Crippen LogP contribution >= 0.6 is 11.6 Å². The molecule has 2 atom stereocenters. The lowest BCUT2D eigenvalue weighted by Gasteiger charge is -2.35. The predicted molar refractivity (Wildman–Crippen MR) is 139 cm³/mol. The molecule has 3 fully saturated rings. The molecule has 182 valence electrons. The Morgan fingerprint density at radius 3 is 2.30 bits per heavy atom. The number of piperazine rings is 1. The van der Waals surface area contributed by atoms with E-state index in [2.05, 4.69) is 43.2 Å². The third kappa shape index (κ3) is 7.42. The number of fused-ring (bicyclic) bond motifs is 1. The summed E-state index contributed by atoms with van der Waals surface area (Å²) in [6, 6.07) is 0.151. The van der Waals surface area contributed by atoms with Crippen LogP contribution < -0.4 is 5.32 Å². The number of rotatable bonds is 13. The van der Waals surface area contributed by atoms with E-state index in [-0.39, 0.29) is 6.04 Å². The first kappa shape index (κ1) is 23.6. The van der Waals surface area contributed by atoms with Crippen molar-refractivity contribution in [3.8, 4) is 0 Å². The highest BCUT2D eigenvalue weighted by Gasteiger charge is 2.29. The Bertz CT molecular complexity index is 744. The molecular formula is C27H42ClN5. The number of hydrogen-bond acceptors (Lipinski definition) is 5. The number of nitrogens with zero attached hydrogens (tertiary/aromatic N) is 4. The summed E-state index contributed by atoms with van der Waals surface area (Å²) >= 11 is 6.14. The normalized spacial score (nSPS) is 28.1. The van der Waals surface area contributed by atoms with Gasteiger partial charge in [0.15, 0.2) is 0 Å². The minimum atomic E-state index is 0.151. The highest BCUT2D eigenvalue weighted by molar-refractivity contribution is 6.31. The molecule has 5 nitrogen and oxygen atoms in total. The monoisotopic (exact) mass is 471 g/mol. The Balaban J connectivity index is 0.931. The van der Waals surface area contributed by atoms with Gasteiger partial charge in [-0.25, -0.2) is 0 Å². The lowest BCUT2D eigenvalue weighted by molar-refractivity contribution is 0.125. The molecule has 0 bridgehead atoms. The molecule has 1 saturated heterocycles. The third-order valence-electron chi connectivity index (χ3n) is 7.85. The molecule has 2 aliphatic heterocycles. The van der Waals surface area contributed by atoms with Gasteiger partial charge in [0.2, 0.25) is 0 Å². The fourth-order valence-corrected chi connectivity index (χ4v) is 5.65. The SMILES string of the molecule is ClC1=CC2N=CC=C(NCCCN3CCN(CCCN(CC4CC4)CC4CC4)CC3)C2C=C1. The average Bonchev–Trinajstić information content (AvgIpc) is 3.75. The topological polar surface area (TPSA) is 34.1 Å². The predicted octanol–water partition coefficient (Wildman–Crippen LogP) is 3.74. The molecule has 0 spiro atoms. The van der Waals surface area contributed by atoms with Gasteiger partial charge in [0, 0.05) is 68.7 Å². The highest BCUT2D eigenvalue weighted by atomic mass is 35.5. The fraction of sp³-hybridized carbons (Fsp3) is 0.741. The minimum absolute atomic E-state index is 0.151. The molecule has 6 heteroatoms. The molecule has 0 aromatic carbocycles. The second-order valence-electron chi connectivity index (χ2n) is 10.8. The zero-order valence-electron chi connectivity index (χ0n) is 20.2. The van der Waals surface area contributed by atoms with Gasteiger partial charge in [-0.2, -0.15) is 0 Å². The quantitative estimate of drug-likeness (QED) is 0.415. The molecule has 0 radical (unpaired) electrons. The van der Waals surface area contributed by atoms with Crippen LogP contribution in [0.5, 0.6) is 0 Å². The van der Waals surface area contributed by atoms with Crippen LogP contribution in [-0.2, 0) is 0 Å². The van der Waals surface area contributed by atoms with E-state index in [1.54, 1.807) is 0 Å². The molecule has 2 heterocycles. The Morgan fingerprint density at radius 2 is 1.64 bits per heavy atom. The first-order valence-electron chi connectivity index (χ1n) is 13.4. The van der Waals surface area contributed by atoms with Crippen molar-refractivity contribution in [2.24, 2.45) is 22.7 Å². The summed E-state index contributed by atoms with van der Waals surface area (Å²) in [7, 11) is 0. The van der Waals surface area contributed by atoms with E-state index in [4.69, 9.17) is 11.6 Å². The third-order valence-corrected chi connectivity index (χ3v) is 8.10. The maximum absolute atomic E-state index is 6.14. The second-order valence-corrected chi connectivity index (χ2v) is 11.2. The van der Waals surface area contributed by atoms with Gasteiger partial charge >= 0.3 is 0 Å². The van der Waals surface area contributed by atoms with Crippen molar-refractivity contribution in [2.45, 2.75) is 44.6 Å². The van der Waals surface area contributed by atoms with Gasteiger partial charge in [0.1, 0.15) is 0 Å². The fourth-order valence-electron chi connectivity index (χ4n) is 5.44. The van der Waals surface area contributed by atoms with Crippen LogP contribution in [0.2, 0.25) is 0 Å². The lowest BCUT2D eigenvalue weighted by Crippen LogP contribution is -2.47. The van der Waals surface area contributed by atoms with Crippen molar-refractivity contribution in [3.63, 3.8) is 0 Å². The Morgan fingerprint density at radius 1 is 0.970 bits per heavy atom. The highest BCUT2D eigenvalue weighted by Crippen LogP contribution is 2.33. The number of halogens is 1. The maximum atomic E-state index is 6.14. The molecule has 0 aromatic heterocycles. The largest absolute Gasteiger partial charge is 0.388 e. The van der Waals surface area contributed by atoms with Crippen LogP contribution in [0.1, 0.15) is 38.5 Å². The second kappa shape index (κ2) is 11.5. The summed E-state index contributed by atoms with van der Waals surface area (Å²) < 4.78 is 0. The molecule has 33 heavy (non-hydrogen) atoms.